The smallest absolute Gasteiger partial charge is 0.133 e. The molecule has 2 heteroatoms. The van der Waals surface area contributed by atoms with Crippen molar-refractivity contribution in [3.05, 3.63) is 12.7 Å². The largest absolute Gasteiger partial charge is 0.300 e. The molecule has 0 bridgehead atoms. The predicted octanol–water partition coefficient (Wildman–Crippen LogP) is 3.25. The molecule has 1 nitrogen and oxygen atoms in total. The Bertz CT molecular complexity index is 215. The molecule has 0 aromatic carbocycles. The van der Waals surface area contributed by atoms with Crippen LogP contribution in [0.1, 0.15) is 19.3 Å². The van der Waals surface area contributed by atoms with Gasteiger partial charge < -0.3 is 0 Å². The molecule has 1 aliphatic carbocycles. The van der Waals surface area contributed by atoms with Gasteiger partial charge in [0.2, 0.25) is 0 Å². The molecular weight excluding hydrogens is 176 g/mol. The molecule has 0 unspecified atom stereocenters. The van der Waals surface area contributed by atoms with E-state index in [0.717, 1.165) is 12.8 Å². The zero-order valence-electron chi connectivity index (χ0n) is 8.97. The van der Waals surface area contributed by atoms with Crippen molar-refractivity contribution >= 4 is 13.9 Å². The van der Waals surface area contributed by atoms with Crippen molar-refractivity contribution in [2.24, 2.45) is 5.92 Å². The fourth-order valence-electron chi connectivity index (χ4n) is 2.02. The molecule has 0 radical (unpaired) electrons. The Morgan fingerprint density at radius 3 is 2.46 bits per heavy atom. The van der Waals surface area contributed by atoms with Gasteiger partial charge in [0.1, 0.15) is 5.78 Å². The van der Waals surface area contributed by atoms with Gasteiger partial charge in [-0.25, -0.2) is 0 Å². The maximum atomic E-state index is 11.5. The number of allylic oxidation sites excluding steroid dienone is 1. The Kier molecular flexibility index (Phi) is 3.12. The van der Waals surface area contributed by atoms with Gasteiger partial charge in [0.05, 0.1) is 0 Å². The van der Waals surface area contributed by atoms with E-state index in [1.54, 1.807) is 0 Å². The summed E-state index contributed by atoms with van der Waals surface area (Å²) in [5.74, 6) is 0.904. The van der Waals surface area contributed by atoms with Crippen LogP contribution in [0.2, 0.25) is 25.2 Å². The maximum Gasteiger partial charge on any atom is 0.133 e. The van der Waals surface area contributed by atoms with Gasteiger partial charge in [0, 0.05) is 20.9 Å². The first-order valence-corrected chi connectivity index (χ1v) is 8.65. The molecule has 0 heterocycles. The van der Waals surface area contributed by atoms with Crippen LogP contribution in [0.4, 0.5) is 0 Å². The van der Waals surface area contributed by atoms with E-state index < -0.39 is 8.07 Å². The van der Waals surface area contributed by atoms with Crippen LogP contribution in [0.15, 0.2) is 12.7 Å². The number of hydrogen-bond acceptors (Lipinski definition) is 1. The van der Waals surface area contributed by atoms with Crippen LogP contribution < -0.4 is 0 Å². The Balaban J connectivity index is 2.67. The molecule has 1 rings (SSSR count). The summed E-state index contributed by atoms with van der Waals surface area (Å²) in [6.07, 6.45) is 4.74. The van der Waals surface area contributed by atoms with Crippen molar-refractivity contribution in [2.75, 3.05) is 0 Å². The highest BCUT2D eigenvalue weighted by molar-refractivity contribution is 6.77. The van der Waals surface area contributed by atoms with Gasteiger partial charge in [0.25, 0.3) is 0 Å². The van der Waals surface area contributed by atoms with Crippen molar-refractivity contribution in [1.82, 2.24) is 0 Å². The first-order valence-electron chi connectivity index (χ1n) is 5.07. The minimum atomic E-state index is -1.12. The lowest BCUT2D eigenvalue weighted by molar-refractivity contribution is -0.121. The van der Waals surface area contributed by atoms with Crippen LogP contribution in [-0.4, -0.2) is 13.9 Å². The van der Waals surface area contributed by atoms with Crippen molar-refractivity contribution < 1.29 is 4.79 Å². The van der Waals surface area contributed by atoms with E-state index in [9.17, 15) is 4.79 Å². The average Bonchev–Trinajstić information content (AvgIpc) is 2.01. The van der Waals surface area contributed by atoms with Gasteiger partial charge in [-0.15, -0.1) is 6.58 Å². The third-order valence-corrected chi connectivity index (χ3v) is 6.00. The van der Waals surface area contributed by atoms with Crippen LogP contribution >= 0.6 is 0 Å². The summed E-state index contributed by atoms with van der Waals surface area (Å²) < 4.78 is 0. The summed E-state index contributed by atoms with van der Waals surface area (Å²) in [5.41, 5.74) is 0.678. The summed E-state index contributed by atoms with van der Waals surface area (Å²) >= 11 is 0. The van der Waals surface area contributed by atoms with Crippen LogP contribution in [0.25, 0.3) is 0 Å². The standard InChI is InChI=1S/C11H20OSi/c1-5-9-6-10(12)8-11(7-9)13(2,3)4/h5,9,11H,1,6-8H2,2-4H3/t9-,11+/m0/s1. The van der Waals surface area contributed by atoms with Crippen LogP contribution in [-0.2, 0) is 4.79 Å². The number of hydrogen-bond donors (Lipinski definition) is 0. The zero-order chi connectivity index (χ0) is 10.1. The second-order valence-corrected chi connectivity index (χ2v) is 10.8. The van der Waals surface area contributed by atoms with E-state index in [2.05, 4.69) is 26.2 Å². The third-order valence-electron chi connectivity index (χ3n) is 3.11. The SMILES string of the molecule is C=C[C@H]1CC(=O)C[C@H]([Si](C)(C)C)C1. The molecule has 0 aliphatic heterocycles. The first kappa shape index (κ1) is 10.7. The summed E-state index contributed by atoms with van der Waals surface area (Å²) in [6.45, 7) is 10.9. The van der Waals surface area contributed by atoms with Crippen molar-refractivity contribution in [2.45, 2.75) is 44.4 Å². The van der Waals surface area contributed by atoms with Gasteiger partial charge in [-0.2, -0.15) is 0 Å². The molecule has 0 amide bonds. The lowest BCUT2D eigenvalue weighted by Crippen LogP contribution is -2.34. The molecule has 13 heavy (non-hydrogen) atoms. The van der Waals surface area contributed by atoms with E-state index in [4.69, 9.17) is 0 Å². The second kappa shape index (κ2) is 3.78. The molecule has 2 atom stereocenters. The highest BCUT2D eigenvalue weighted by Gasteiger charge is 2.34. The molecule has 74 valence electrons. The van der Waals surface area contributed by atoms with Gasteiger partial charge in [-0.05, 0) is 17.9 Å². The van der Waals surface area contributed by atoms with E-state index in [0.29, 0.717) is 17.2 Å². The Labute approximate surface area is 82.2 Å². The van der Waals surface area contributed by atoms with E-state index in [-0.39, 0.29) is 0 Å². The third kappa shape index (κ3) is 2.80. The minimum Gasteiger partial charge on any atom is -0.300 e. The quantitative estimate of drug-likeness (QED) is 0.489. The fourth-order valence-corrected chi connectivity index (χ4v) is 3.87. The van der Waals surface area contributed by atoms with Crippen LogP contribution in [0.3, 0.4) is 0 Å². The Morgan fingerprint density at radius 2 is 2.00 bits per heavy atom. The highest BCUT2D eigenvalue weighted by atomic mass is 28.3. The van der Waals surface area contributed by atoms with E-state index in [1.165, 1.54) is 6.42 Å². The molecule has 0 aromatic rings. The summed E-state index contributed by atoms with van der Waals surface area (Å²) in [7, 11) is -1.12. The molecule has 1 aliphatic rings. The Hall–Kier alpha value is -0.373. The van der Waals surface area contributed by atoms with Crippen molar-refractivity contribution in [3.63, 3.8) is 0 Å². The van der Waals surface area contributed by atoms with Gasteiger partial charge in [0.15, 0.2) is 0 Å². The number of ketones is 1. The summed E-state index contributed by atoms with van der Waals surface area (Å²) in [5, 5.41) is 0. The van der Waals surface area contributed by atoms with Crippen molar-refractivity contribution in [1.29, 1.82) is 0 Å². The minimum absolute atomic E-state index is 0.448. The molecule has 1 fully saturated rings. The number of carbonyl (C=O) groups excluding carboxylic acids is 1. The van der Waals surface area contributed by atoms with Gasteiger partial charge in [-0.3, -0.25) is 4.79 Å². The second-order valence-electron chi connectivity index (χ2n) is 5.24. The summed E-state index contributed by atoms with van der Waals surface area (Å²) in [6, 6.07) is 0. The van der Waals surface area contributed by atoms with Crippen LogP contribution in [0, 0.1) is 5.92 Å². The van der Waals surface area contributed by atoms with Crippen molar-refractivity contribution in [3.8, 4) is 0 Å². The van der Waals surface area contributed by atoms with Gasteiger partial charge >= 0.3 is 0 Å². The normalized spacial score (nSPS) is 30.2. The van der Waals surface area contributed by atoms with Gasteiger partial charge in [-0.1, -0.05) is 25.7 Å². The molecule has 0 aromatic heterocycles. The summed E-state index contributed by atoms with van der Waals surface area (Å²) in [4.78, 5) is 11.5. The number of carbonyl (C=O) groups is 1. The molecule has 0 spiro atoms. The lowest BCUT2D eigenvalue weighted by atomic mass is 9.88. The van der Waals surface area contributed by atoms with E-state index >= 15 is 0 Å². The maximum absolute atomic E-state index is 11.5. The monoisotopic (exact) mass is 196 g/mol. The predicted molar refractivity (Wildman–Crippen MR) is 59.6 cm³/mol. The number of rotatable bonds is 2. The molecule has 0 saturated heterocycles. The van der Waals surface area contributed by atoms with E-state index in [1.807, 2.05) is 6.08 Å². The number of Topliss-reactive ketones (excluding diaryl/α,β-unsaturated/α-hetero) is 1. The first-order chi connectivity index (χ1) is 5.93. The zero-order valence-corrected chi connectivity index (χ0v) is 9.97. The van der Waals surface area contributed by atoms with Crippen LogP contribution in [0.5, 0.6) is 0 Å². The molecule has 0 N–H and O–H groups in total. The highest BCUT2D eigenvalue weighted by Crippen LogP contribution is 2.38. The topological polar surface area (TPSA) is 17.1 Å². The fraction of sp³-hybridized carbons (Fsp3) is 0.727. The lowest BCUT2D eigenvalue weighted by Gasteiger charge is -2.34. The average molecular weight is 196 g/mol. The molecular formula is C11H20OSi. The molecule has 1 saturated carbocycles. The Morgan fingerprint density at radius 1 is 1.38 bits per heavy atom.